The predicted octanol–water partition coefficient (Wildman–Crippen LogP) is 2.23. The van der Waals surface area contributed by atoms with Gasteiger partial charge in [-0.05, 0) is 0 Å². The molecule has 113 valence electrons. The molecule has 1 heterocycles. The van der Waals surface area contributed by atoms with E-state index in [4.69, 9.17) is 0 Å². The zero-order valence-corrected chi connectivity index (χ0v) is 12.1. The summed E-state index contributed by atoms with van der Waals surface area (Å²) in [4.78, 5) is 10.4. The van der Waals surface area contributed by atoms with Crippen molar-refractivity contribution < 1.29 is 58.2 Å². The third-order valence-corrected chi connectivity index (χ3v) is 1.87. The maximum absolute atomic E-state index is 12.9. The van der Waals surface area contributed by atoms with Crippen molar-refractivity contribution in [1.82, 2.24) is 0 Å². The fraction of sp³-hybridized carbons (Fsp3) is 0.833. The number of esters is 1. The first-order valence-corrected chi connectivity index (χ1v) is 3.91. The molecule has 2 unspecified atom stereocenters. The van der Waals surface area contributed by atoms with Gasteiger partial charge in [0.05, 0.1) is 0 Å². The molecule has 2 atom stereocenters. The van der Waals surface area contributed by atoms with E-state index in [1.54, 1.807) is 0 Å². The molecule has 0 saturated carbocycles. The largest absolute Gasteiger partial charge is 0.470 e. The minimum atomic E-state index is -6.65. The number of carbonyl (C=O) groups is 1. The molecule has 1 aliphatic heterocycles. The van der Waals surface area contributed by atoms with Crippen LogP contribution in [0.25, 0.3) is 0 Å². The molecule has 0 aromatic heterocycles. The molecule has 1 radical (unpaired) electrons. The summed E-state index contributed by atoms with van der Waals surface area (Å²) >= 11 is 0. The second kappa shape index (κ2) is 5.22. The fourth-order valence-electron chi connectivity index (χ4n) is 0.933. The van der Waals surface area contributed by atoms with E-state index in [9.17, 15) is 48.7 Å². The molecule has 0 amide bonds. The van der Waals surface area contributed by atoms with Crippen LogP contribution in [0.2, 0.25) is 0 Å². The number of carbonyl (C=O) groups excluding carboxylic acids is 1. The normalized spacial score (nSPS) is 34.2. The quantitative estimate of drug-likeness (QED) is 0.382. The van der Waals surface area contributed by atoms with Crippen molar-refractivity contribution >= 4 is 57.4 Å². The van der Waals surface area contributed by atoms with Crippen LogP contribution in [0.15, 0.2) is 0 Å². The zero-order chi connectivity index (χ0) is 15.5. The summed E-state index contributed by atoms with van der Waals surface area (Å²) in [7, 11) is 0. The van der Waals surface area contributed by atoms with Gasteiger partial charge in [-0.25, -0.2) is 4.79 Å². The Morgan fingerprint density at radius 2 is 1.25 bits per heavy atom. The predicted molar refractivity (Wildman–Crippen MR) is 37.7 cm³/mol. The third-order valence-electron chi connectivity index (χ3n) is 1.87. The minimum absolute atomic E-state index is 0. The Balaban J connectivity index is 0.00000361. The van der Waals surface area contributed by atoms with Crippen LogP contribution in [0.3, 0.4) is 0 Å². The van der Waals surface area contributed by atoms with E-state index in [0.29, 0.717) is 0 Å². The van der Waals surface area contributed by atoms with Crippen LogP contribution in [0, 0.1) is 0 Å². The number of cyclic esters (lactones) is 1. The monoisotopic (exact) mass is 349 g/mol. The standard InChI is InChI=1S/C6F10O3.K/c7-2(4(9,10)11)1(17)18-3(8,5(12,13)14)6(15,16)19-2;. The Morgan fingerprint density at radius 1 is 0.850 bits per heavy atom. The number of hydrogen-bond donors (Lipinski definition) is 0. The van der Waals surface area contributed by atoms with Gasteiger partial charge in [0.1, 0.15) is 0 Å². The second-order valence-electron chi connectivity index (χ2n) is 3.19. The van der Waals surface area contributed by atoms with Crippen molar-refractivity contribution in [2.75, 3.05) is 0 Å². The van der Waals surface area contributed by atoms with Crippen molar-refractivity contribution in [3.8, 4) is 0 Å². The van der Waals surface area contributed by atoms with Crippen molar-refractivity contribution in [2.45, 2.75) is 30.2 Å². The molecule has 0 bridgehead atoms. The van der Waals surface area contributed by atoms with Crippen LogP contribution in [-0.4, -0.2) is 87.5 Å². The summed E-state index contributed by atoms with van der Waals surface area (Å²) < 4.78 is 127. The molecule has 0 aromatic rings. The van der Waals surface area contributed by atoms with Crippen LogP contribution in [0.5, 0.6) is 0 Å². The molecule has 14 heteroatoms. The van der Waals surface area contributed by atoms with Gasteiger partial charge in [-0.3, -0.25) is 4.74 Å². The molecule has 20 heavy (non-hydrogen) atoms. The summed E-state index contributed by atoms with van der Waals surface area (Å²) in [6.07, 6.45) is -19.6. The van der Waals surface area contributed by atoms with Gasteiger partial charge >= 0.3 is 36.1 Å². The third kappa shape index (κ3) is 2.81. The first-order chi connectivity index (χ1) is 8.08. The van der Waals surface area contributed by atoms with Gasteiger partial charge in [0.15, 0.2) is 0 Å². The summed E-state index contributed by atoms with van der Waals surface area (Å²) in [5.41, 5.74) is 0. The van der Waals surface area contributed by atoms with E-state index < -0.39 is 36.1 Å². The molecule has 1 fully saturated rings. The maximum Gasteiger partial charge on any atom is 0.470 e. The van der Waals surface area contributed by atoms with E-state index in [1.165, 1.54) is 0 Å². The van der Waals surface area contributed by atoms with Crippen molar-refractivity contribution in [2.24, 2.45) is 0 Å². The first kappa shape index (κ1) is 20.4. The van der Waals surface area contributed by atoms with Gasteiger partial charge in [0, 0.05) is 51.4 Å². The van der Waals surface area contributed by atoms with Gasteiger partial charge in [-0.15, -0.1) is 0 Å². The summed E-state index contributed by atoms with van der Waals surface area (Å²) in [6.45, 7) is 0. The van der Waals surface area contributed by atoms with Crippen molar-refractivity contribution in [1.29, 1.82) is 0 Å². The smallest absolute Gasteiger partial charge is 0.408 e. The summed E-state index contributed by atoms with van der Waals surface area (Å²) in [6, 6.07) is 0. The molecule has 1 aliphatic rings. The van der Waals surface area contributed by atoms with E-state index >= 15 is 0 Å². The number of ether oxygens (including phenoxy) is 2. The van der Waals surface area contributed by atoms with Crippen LogP contribution in [-0.2, 0) is 14.3 Å². The van der Waals surface area contributed by atoms with E-state index in [-0.39, 0.29) is 51.4 Å². The Kier molecular flexibility index (Phi) is 5.32. The first-order valence-electron chi connectivity index (χ1n) is 3.91. The fourth-order valence-corrected chi connectivity index (χ4v) is 0.933. The minimum Gasteiger partial charge on any atom is -0.408 e. The number of alkyl halides is 10. The van der Waals surface area contributed by atoms with E-state index in [2.05, 4.69) is 9.47 Å². The SMILES string of the molecule is O=C1OC(F)(C(F)(F)F)C(F)(F)OC1(F)C(F)(F)F.[K]. The molecule has 1 saturated heterocycles. The van der Waals surface area contributed by atoms with E-state index in [1.807, 2.05) is 0 Å². The average Bonchev–Trinajstić information content (AvgIpc) is 2.10. The molecule has 3 nitrogen and oxygen atoms in total. The molecular weight excluding hydrogens is 349 g/mol. The average molecular weight is 349 g/mol. The molecular formula is C6F10KO3. The Morgan fingerprint density at radius 3 is 1.55 bits per heavy atom. The Labute approximate surface area is 145 Å². The Hall–Kier alpha value is 0.366. The van der Waals surface area contributed by atoms with Gasteiger partial charge in [0.2, 0.25) is 0 Å². The molecule has 1 rings (SSSR count). The number of halogens is 10. The maximum atomic E-state index is 12.9. The molecule has 0 N–H and O–H groups in total. The van der Waals surface area contributed by atoms with Gasteiger partial charge < -0.3 is 4.74 Å². The second-order valence-corrected chi connectivity index (χ2v) is 3.19. The van der Waals surface area contributed by atoms with Crippen LogP contribution in [0.1, 0.15) is 0 Å². The molecule has 0 aliphatic carbocycles. The number of rotatable bonds is 0. The van der Waals surface area contributed by atoms with Crippen molar-refractivity contribution in [3.05, 3.63) is 0 Å². The van der Waals surface area contributed by atoms with Gasteiger partial charge in [-0.2, -0.15) is 43.9 Å². The summed E-state index contributed by atoms with van der Waals surface area (Å²) in [5.74, 6) is -15.8. The van der Waals surface area contributed by atoms with Crippen LogP contribution >= 0.6 is 0 Å². The summed E-state index contributed by atoms with van der Waals surface area (Å²) in [5, 5.41) is 0. The van der Waals surface area contributed by atoms with Crippen molar-refractivity contribution in [3.63, 3.8) is 0 Å². The van der Waals surface area contributed by atoms with Crippen LogP contribution < -0.4 is 0 Å². The number of hydrogen-bond acceptors (Lipinski definition) is 3. The van der Waals surface area contributed by atoms with Gasteiger partial charge in [0.25, 0.3) is 0 Å². The topological polar surface area (TPSA) is 35.5 Å². The zero-order valence-electron chi connectivity index (χ0n) is 9.00. The molecule has 0 aromatic carbocycles. The van der Waals surface area contributed by atoms with E-state index in [0.717, 1.165) is 0 Å². The van der Waals surface area contributed by atoms with Crippen LogP contribution in [0.4, 0.5) is 43.9 Å². The molecule has 0 spiro atoms. The Bertz CT molecular complexity index is 405. The van der Waals surface area contributed by atoms with Gasteiger partial charge in [-0.1, -0.05) is 0 Å².